The first-order chi connectivity index (χ1) is 16.9. The molecule has 1 saturated heterocycles. The van der Waals surface area contributed by atoms with Crippen LogP contribution in [-0.4, -0.2) is 44.3 Å². The van der Waals surface area contributed by atoms with E-state index in [1.54, 1.807) is 18.2 Å². The molecule has 1 fully saturated rings. The fourth-order valence-corrected chi connectivity index (χ4v) is 4.83. The number of hydrogen-bond donors (Lipinski definition) is 4. The Hall–Kier alpha value is -3.40. The van der Waals surface area contributed by atoms with Crippen LogP contribution in [0.3, 0.4) is 0 Å². The van der Waals surface area contributed by atoms with Crippen LogP contribution in [0.4, 0.5) is 17.3 Å². The van der Waals surface area contributed by atoms with Crippen molar-refractivity contribution in [3.63, 3.8) is 0 Å². The highest BCUT2D eigenvalue weighted by molar-refractivity contribution is 6.37. The molecule has 0 saturated carbocycles. The summed E-state index contributed by atoms with van der Waals surface area (Å²) in [5.74, 6) is 0.682. The molecule has 0 unspecified atom stereocenters. The third kappa shape index (κ3) is 4.62. The quantitative estimate of drug-likeness (QED) is 0.322. The van der Waals surface area contributed by atoms with Crippen LogP contribution in [0.25, 0.3) is 16.7 Å². The second-order valence-corrected chi connectivity index (χ2v) is 9.24. The van der Waals surface area contributed by atoms with Crippen molar-refractivity contribution in [3.05, 3.63) is 74.7 Å². The second-order valence-electron chi connectivity index (χ2n) is 8.43. The predicted molar refractivity (Wildman–Crippen MR) is 137 cm³/mol. The first kappa shape index (κ1) is 23.3. The lowest BCUT2D eigenvalue weighted by Gasteiger charge is -2.32. The minimum atomic E-state index is -0.587. The molecule has 0 bridgehead atoms. The Kier molecular flexibility index (Phi) is 6.46. The maximum Gasteiger partial charge on any atom is 0.333 e. The maximum atomic E-state index is 12.8. The topological polar surface area (TPSA) is 123 Å². The molecule has 0 atom stereocenters. The van der Waals surface area contributed by atoms with E-state index < -0.39 is 5.69 Å². The predicted octanol–water partition coefficient (Wildman–Crippen LogP) is 3.85. The molecule has 4 N–H and O–H groups in total. The van der Waals surface area contributed by atoms with Crippen molar-refractivity contribution < 1.29 is 5.11 Å². The molecule has 0 aliphatic carbocycles. The number of benzene rings is 2. The largest absolute Gasteiger partial charge is 0.396 e. The first-order valence-electron chi connectivity index (χ1n) is 11.2. The van der Waals surface area contributed by atoms with Crippen LogP contribution in [0.2, 0.25) is 10.0 Å². The highest BCUT2D eigenvalue weighted by atomic mass is 35.5. The standard InChI is InChI=1S/C24H23Cl2N7O2/c25-18-2-1-3-19(26)20(18)33-21(27)17-12-28-23(30-22(17)31-24(33)35)29-15-4-6-16(7-5-15)32-10-8-14(13-34)9-11-32/h1-7,12,14,27,34H,8-11,13H2,(H2,28,29,30,31,35). The minimum Gasteiger partial charge on any atom is -0.396 e. The van der Waals surface area contributed by atoms with Gasteiger partial charge in [-0.1, -0.05) is 29.3 Å². The number of anilines is 3. The number of aromatic nitrogens is 4. The number of aliphatic hydroxyl groups is 1. The Morgan fingerprint density at radius 1 is 1.11 bits per heavy atom. The molecule has 35 heavy (non-hydrogen) atoms. The van der Waals surface area contributed by atoms with Gasteiger partial charge in [0, 0.05) is 37.3 Å². The number of hydrogen-bond acceptors (Lipinski definition) is 7. The average molecular weight is 512 g/mol. The fraction of sp³-hybridized carbons (Fsp3) is 0.250. The molecule has 11 heteroatoms. The summed E-state index contributed by atoms with van der Waals surface area (Å²) >= 11 is 12.5. The van der Waals surface area contributed by atoms with Gasteiger partial charge in [0.2, 0.25) is 5.95 Å². The zero-order valence-electron chi connectivity index (χ0n) is 18.6. The smallest absolute Gasteiger partial charge is 0.333 e. The number of nitrogens with one attached hydrogen (secondary N) is 3. The lowest BCUT2D eigenvalue weighted by molar-refractivity contribution is 0.203. The van der Waals surface area contributed by atoms with E-state index in [0.29, 0.717) is 11.3 Å². The third-order valence-corrected chi connectivity index (χ3v) is 6.83. The summed E-state index contributed by atoms with van der Waals surface area (Å²) in [6.07, 6.45) is 3.45. The summed E-state index contributed by atoms with van der Waals surface area (Å²) in [7, 11) is 0. The lowest BCUT2D eigenvalue weighted by Crippen LogP contribution is -2.34. The van der Waals surface area contributed by atoms with Crippen LogP contribution >= 0.6 is 23.2 Å². The van der Waals surface area contributed by atoms with Crippen LogP contribution in [-0.2, 0) is 0 Å². The molecule has 0 radical (unpaired) electrons. The van der Waals surface area contributed by atoms with Gasteiger partial charge in [-0.15, -0.1) is 0 Å². The van der Waals surface area contributed by atoms with Gasteiger partial charge in [0.1, 0.15) is 5.49 Å². The highest BCUT2D eigenvalue weighted by Crippen LogP contribution is 2.27. The molecule has 2 aromatic carbocycles. The molecule has 4 aromatic rings. The molecule has 5 rings (SSSR count). The van der Waals surface area contributed by atoms with Gasteiger partial charge in [0.05, 0.1) is 21.1 Å². The minimum absolute atomic E-state index is 0.125. The highest BCUT2D eigenvalue weighted by Gasteiger charge is 2.19. The maximum absolute atomic E-state index is 12.8. The Balaban J connectivity index is 1.40. The molecule has 0 amide bonds. The van der Waals surface area contributed by atoms with E-state index in [1.807, 2.05) is 24.3 Å². The number of piperidine rings is 1. The number of para-hydroxylation sites is 1. The van der Waals surface area contributed by atoms with Gasteiger partial charge < -0.3 is 15.3 Å². The van der Waals surface area contributed by atoms with Gasteiger partial charge in [-0.2, -0.15) is 4.98 Å². The summed E-state index contributed by atoms with van der Waals surface area (Å²) in [6, 6.07) is 12.8. The summed E-state index contributed by atoms with van der Waals surface area (Å²) in [5, 5.41) is 21.9. The molecule has 1 aliphatic heterocycles. The van der Waals surface area contributed by atoms with Gasteiger partial charge in [-0.25, -0.2) is 14.3 Å². The van der Waals surface area contributed by atoms with E-state index >= 15 is 0 Å². The normalized spacial score (nSPS) is 14.4. The Labute approximate surface area is 210 Å². The molecular formula is C24H23Cl2N7O2. The van der Waals surface area contributed by atoms with Crippen molar-refractivity contribution in [2.24, 2.45) is 5.92 Å². The summed E-state index contributed by atoms with van der Waals surface area (Å²) in [5.41, 5.74) is 1.65. The number of rotatable bonds is 5. The zero-order chi connectivity index (χ0) is 24.5. The van der Waals surface area contributed by atoms with E-state index in [-0.39, 0.29) is 39.4 Å². The molecule has 9 nitrogen and oxygen atoms in total. The second kappa shape index (κ2) is 9.69. The van der Waals surface area contributed by atoms with E-state index in [9.17, 15) is 9.90 Å². The van der Waals surface area contributed by atoms with Crippen LogP contribution < -0.4 is 21.4 Å². The van der Waals surface area contributed by atoms with Crippen molar-refractivity contribution in [3.8, 4) is 5.69 Å². The van der Waals surface area contributed by atoms with Crippen LogP contribution in [0.1, 0.15) is 12.8 Å². The number of fused-ring (bicyclic) bond motifs is 1. The number of nitrogens with zero attached hydrogens (tertiary/aromatic N) is 4. The van der Waals surface area contributed by atoms with E-state index in [4.69, 9.17) is 28.6 Å². The van der Waals surface area contributed by atoms with Crippen molar-refractivity contribution >= 4 is 51.6 Å². The van der Waals surface area contributed by atoms with E-state index in [2.05, 4.69) is 25.2 Å². The average Bonchev–Trinajstić information content (AvgIpc) is 2.86. The van der Waals surface area contributed by atoms with Crippen molar-refractivity contribution in [1.82, 2.24) is 19.5 Å². The summed E-state index contributed by atoms with van der Waals surface area (Å²) < 4.78 is 1.10. The third-order valence-electron chi connectivity index (χ3n) is 6.22. The SMILES string of the molecule is N=c1c2cnc(Nc3ccc(N4CCC(CO)CC4)cc3)nc2[nH]c(=O)n1-c1c(Cl)cccc1Cl. The van der Waals surface area contributed by atoms with Crippen molar-refractivity contribution in [1.29, 1.82) is 5.41 Å². The van der Waals surface area contributed by atoms with Gasteiger partial charge in [-0.05, 0) is 55.2 Å². The molecule has 3 heterocycles. The van der Waals surface area contributed by atoms with Crippen molar-refractivity contribution in [2.45, 2.75) is 12.8 Å². The number of halogens is 2. The molecule has 180 valence electrons. The first-order valence-corrected chi connectivity index (χ1v) is 11.9. The number of aromatic amines is 1. The molecule has 1 aliphatic rings. The molecule has 2 aromatic heterocycles. The summed E-state index contributed by atoms with van der Waals surface area (Å²) in [4.78, 5) is 26.5. The Morgan fingerprint density at radius 2 is 1.80 bits per heavy atom. The number of aliphatic hydroxyl groups excluding tert-OH is 1. The van der Waals surface area contributed by atoms with E-state index in [0.717, 1.165) is 41.9 Å². The van der Waals surface area contributed by atoms with Crippen molar-refractivity contribution in [2.75, 3.05) is 29.9 Å². The molecule has 0 spiro atoms. The monoisotopic (exact) mass is 511 g/mol. The lowest BCUT2D eigenvalue weighted by atomic mass is 9.97. The van der Waals surface area contributed by atoms with Crippen LogP contribution in [0, 0.1) is 11.3 Å². The van der Waals surface area contributed by atoms with E-state index in [1.165, 1.54) is 6.20 Å². The number of H-pyrrole nitrogens is 1. The molecular weight excluding hydrogens is 489 g/mol. The van der Waals surface area contributed by atoms with Gasteiger partial charge >= 0.3 is 5.69 Å². The van der Waals surface area contributed by atoms with Gasteiger partial charge in [0.15, 0.2) is 5.65 Å². The van der Waals surface area contributed by atoms with Crippen LogP contribution in [0.15, 0.2) is 53.5 Å². The summed E-state index contributed by atoms with van der Waals surface area (Å²) in [6.45, 7) is 2.10. The Morgan fingerprint density at radius 3 is 2.46 bits per heavy atom. The Bertz CT molecular complexity index is 1470. The van der Waals surface area contributed by atoms with Gasteiger partial charge in [0.25, 0.3) is 0 Å². The van der Waals surface area contributed by atoms with Crippen LogP contribution in [0.5, 0.6) is 0 Å². The van der Waals surface area contributed by atoms with Gasteiger partial charge in [-0.3, -0.25) is 10.4 Å². The zero-order valence-corrected chi connectivity index (χ0v) is 20.1. The fourth-order valence-electron chi connectivity index (χ4n) is 4.26.